The molecule has 0 aromatic heterocycles. The quantitative estimate of drug-likeness (QED) is 0.682. The number of carbonyl (C=O) groups is 2. The zero-order valence-electron chi connectivity index (χ0n) is 10.1. The average Bonchev–Trinajstić information content (AvgIpc) is 2.21. The highest BCUT2D eigenvalue weighted by molar-refractivity contribution is 6.01. The van der Waals surface area contributed by atoms with Crippen LogP contribution in [-0.4, -0.2) is 48.1 Å². The van der Waals surface area contributed by atoms with Gasteiger partial charge in [-0.15, -0.1) is 0 Å². The van der Waals surface area contributed by atoms with Crippen molar-refractivity contribution < 1.29 is 14.7 Å². The van der Waals surface area contributed by atoms with Gasteiger partial charge in [-0.2, -0.15) is 0 Å². The summed E-state index contributed by atoms with van der Waals surface area (Å²) in [5, 5.41) is 11.7. The van der Waals surface area contributed by atoms with Gasteiger partial charge >= 0.3 is 5.97 Å². The van der Waals surface area contributed by atoms with Gasteiger partial charge in [-0.1, -0.05) is 0 Å². The Labute approximate surface area is 95.8 Å². The van der Waals surface area contributed by atoms with Crippen molar-refractivity contribution in [2.45, 2.75) is 32.7 Å². The Bertz CT molecular complexity index is 281. The minimum Gasteiger partial charge on any atom is -0.480 e. The van der Waals surface area contributed by atoms with Crippen molar-refractivity contribution in [3.8, 4) is 0 Å². The Morgan fingerprint density at radius 1 is 1.31 bits per heavy atom. The summed E-state index contributed by atoms with van der Waals surface area (Å²) in [6.45, 7) is 4.75. The first-order valence-electron chi connectivity index (χ1n) is 5.57. The first kappa shape index (κ1) is 13.0. The van der Waals surface area contributed by atoms with Gasteiger partial charge in [-0.25, -0.2) is 0 Å². The molecule has 5 heteroatoms. The van der Waals surface area contributed by atoms with Crippen molar-refractivity contribution in [3.63, 3.8) is 0 Å². The third-order valence-electron chi connectivity index (χ3n) is 3.16. The van der Waals surface area contributed by atoms with Crippen molar-refractivity contribution in [2.75, 3.05) is 20.1 Å². The average molecular weight is 228 g/mol. The summed E-state index contributed by atoms with van der Waals surface area (Å²) in [6, 6.07) is 0.113. The molecule has 1 saturated heterocycles. The van der Waals surface area contributed by atoms with Crippen LogP contribution < -0.4 is 5.32 Å². The lowest BCUT2D eigenvalue weighted by molar-refractivity contribution is -0.153. The number of hydrogen-bond donors (Lipinski definition) is 2. The second-order valence-corrected chi connectivity index (χ2v) is 4.98. The highest BCUT2D eigenvalue weighted by Crippen LogP contribution is 2.17. The number of likely N-dealkylation sites (tertiary alicyclic amines) is 1. The van der Waals surface area contributed by atoms with E-state index in [9.17, 15) is 9.59 Å². The van der Waals surface area contributed by atoms with E-state index in [1.165, 1.54) is 13.8 Å². The van der Waals surface area contributed by atoms with Gasteiger partial charge in [0.05, 0.1) is 0 Å². The molecule has 1 aliphatic rings. The number of carboxylic acids is 1. The fourth-order valence-electron chi connectivity index (χ4n) is 1.62. The van der Waals surface area contributed by atoms with Gasteiger partial charge in [0.1, 0.15) is 5.41 Å². The summed E-state index contributed by atoms with van der Waals surface area (Å²) in [6.07, 6.45) is 1.77. The van der Waals surface area contributed by atoms with E-state index in [1.54, 1.807) is 0 Å². The normalized spacial score (nSPS) is 19.4. The molecule has 0 aliphatic carbocycles. The fourth-order valence-corrected chi connectivity index (χ4v) is 1.62. The highest BCUT2D eigenvalue weighted by atomic mass is 16.4. The number of hydrogen-bond acceptors (Lipinski definition) is 3. The minimum atomic E-state index is -1.34. The molecule has 5 nitrogen and oxygen atoms in total. The van der Waals surface area contributed by atoms with Crippen LogP contribution in [0.2, 0.25) is 0 Å². The Morgan fingerprint density at radius 3 is 2.25 bits per heavy atom. The summed E-state index contributed by atoms with van der Waals surface area (Å²) >= 11 is 0. The SMILES string of the molecule is CN1CCC(NC(=O)C(C)(C)C(=O)O)CC1. The van der Waals surface area contributed by atoms with Gasteiger partial charge in [-0.3, -0.25) is 9.59 Å². The standard InChI is InChI=1S/C11H20N2O3/c1-11(2,10(15)16)9(14)12-8-4-6-13(3)7-5-8/h8H,4-7H2,1-3H3,(H,12,14)(H,15,16). The third-order valence-corrected chi connectivity index (χ3v) is 3.16. The van der Waals surface area contributed by atoms with Gasteiger partial charge in [0.15, 0.2) is 0 Å². The molecule has 0 spiro atoms. The van der Waals surface area contributed by atoms with Crippen LogP contribution in [0.3, 0.4) is 0 Å². The Kier molecular flexibility index (Phi) is 3.91. The van der Waals surface area contributed by atoms with Crippen LogP contribution in [0.25, 0.3) is 0 Å². The molecule has 0 unspecified atom stereocenters. The highest BCUT2D eigenvalue weighted by Gasteiger charge is 2.37. The van der Waals surface area contributed by atoms with Crippen LogP contribution in [0.4, 0.5) is 0 Å². The number of rotatable bonds is 3. The molecule has 0 aromatic rings. The molecule has 92 valence electrons. The zero-order valence-corrected chi connectivity index (χ0v) is 10.1. The van der Waals surface area contributed by atoms with Crippen molar-refractivity contribution >= 4 is 11.9 Å². The lowest BCUT2D eigenvalue weighted by Crippen LogP contribution is -2.49. The molecule has 2 N–H and O–H groups in total. The van der Waals surface area contributed by atoms with Crippen LogP contribution in [0.1, 0.15) is 26.7 Å². The van der Waals surface area contributed by atoms with Crippen LogP contribution in [0, 0.1) is 5.41 Å². The number of piperidine rings is 1. The molecule has 1 fully saturated rings. The second-order valence-electron chi connectivity index (χ2n) is 4.98. The van der Waals surface area contributed by atoms with E-state index in [2.05, 4.69) is 10.2 Å². The summed E-state index contributed by atoms with van der Waals surface area (Å²) < 4.78 is 0. The lowest BCUT2D eigenvalue weighted by Gasteiger charge is -2.31. The number of aliphatic carboxylic acids is 1. The van der Waals surface area contributed by atoms with Crippen molar-refractivity contribution in [3.05, 3.63) is 0 Å². The number of carbonyl (C=O) groups excluding carboxylic acids is 1. The maximum absolute atomic E-state index is 11.8. The summed E-state index contributed by atoms with van der Waals surface area (Å²) in [4.78, 5) is 24.8. The molecule has 0 saturated carbocycles. The van der Waals surface area contributed by atoms with E-state index in [-0.39, 0.29) is 6.04 Å². The Hall–Kier alpha value is -1.10. The molecule has 1 amide bonds. The summed E-state index contributed by atoms with van der Waals surface area (Å²) in [5.41, 5.74) is -1.34. The third kappa shape index (κ3) is 2.95. The fraction of sp³-hybridized carbons (Fsp3) is 0.818. The van der Waals surface area contributed by atoms with Gasteiger partial charge in [0.2, 0.25) is 5.91 Å². The first-order valence-corrected chi connectivity index (χ1v) is 5.57. The first-order chi connectivity index (χ1) is 7.34. The topological polar surface area (TPSA) is 69.6 Å². The Balaban J connectivity index is 2.49. The number of nitrogens with zero attached hydrogens (tertiary/aromatic N) is 1. The van der Waals surface area contributed by atoms with E-state index >= 15 is 0 Å². The number of nitrogens with one attached hydrogen (secondary N) is 1. The molecular formula is C11H20N2O3. The van der Waals surface area contributed by atoms with Gasteiger partial charge < -0.3 is 15.3 Å². The van der Waals surface area contributed by atoms with E-state index in [4.69, 9.17) is 5.11 Å². The van der Waals surface area contributed by atoms with E-state index in [0.717, 1.165) is 25.9 Å². The molecule has 0 bridgehead atoms. The van der Waals surface area contributed by atoms with Crippen LogP contribution in [0.15, 0.2) is 0 Å². The maximum Gasteiger partial charge on any atom is 0.318 e. The second kappa shape index (κ2) is 4.82. The minimum absolute atomic E-state index is 0.113. The monoisotopic (exact) mass is 228 g/mol. The molecule has 16 heavy (non-hydrogen) atoms. The van der Waals surface area contributed by atoms with Crippen molar-refractivity contribution in [2.24, 2.45) is 5.41 Å². The predicted octanol–water partition coefficient (Wildman–Crippen LogP) is 0.308. The van der Waals surface area contributed by atoms with Gasteiger partial charge in [-0.05, 0) is 46.8 Å². The zero-order chi connectivity index (χ0) is 12.3. The summed E-state index contributed by atoms with van der Waals surface area (Å²) in [5.74, 6) is -1.48. The molecule has 1 rings (SSSR count). The lowest BCUT2D eigenvalue weighted by atomic mass is 9.91. The van der Waals surface area contributed by atoms with Crippen molar-refractivity contribution in [1.82, 2.24) is 10.2 Å². The molecule has 0 aromatic carbocycles. The largest absolute Gasteiger partial charge is 0.480 e. The molecular weight excluding hydrogens is 208 g/mol. The van der Waals surface area contributed by atoms with E-state index in [1.807, 2.05) is 7.05 Å². The van der Waals surface area contributed by atoms with Crippen LogP contribution >= 0.6 is 0 Å². The number of carboxylic acid groups (broad SMARTS) is 1. The molecule has 0 radical (unpaired) electrons. The van der Waals surface area contributed by atoms with E-state index in [0.29, 0.717) is 0 Å². The van der Waals surface area contributed by atoms with Gasteiger partial charge in [0.25, 0.3) is 0 Å². The predicted molar refractivity (Wildman–Crippen MR) is 60.1 cm³/mol. The molecule has 1 aliphatic heterocycles. The Morgan fingerprint density at radius 2 is 1.81 bits per heavy atom. The summed E-state index contributed by atoms with van der Waals surface area (Å²) in [7, 11) is 2.04. The number of amides is 1. The smallest absolute Gasteiger partial charge is 0.318 e. The van der Waals surface area contributed by atoms with E-state index < -0.39 is 17.3 Å². The van der Waals surface area contributed by atoms with Crippen LogP contribution in [0.5, 0.6) is 0 Å². The molecule has 1 heterocycles. The van der Waals surface area contributed by atoms with Gasteiger partial charge in [0, 0.05) is 6.04 Å². The van der Waals surface area contributed by atoms with Crippen molar-refractivity contribution in [1.29, 1.82) is 0 Å². The molecule has 0 atom stereocenters. The maximum atomic E-state index is 11.8. The van der Waals surface area contributed by atoms with Crippen LogP contribution in [-0.2, 0) is 9.59 Å².